The average Bonchev–Trinajstić information content (AvgIpc) is 4.13. The number of hydrogen-bond acceptors (Lipinski definition) is 9. The minimum atomic E-state index is -0.531. The average molecular weight is 913 g/mol. The zero-order chi connectivity index (χ0) is 46.2. The monoisotopic (exact) mass is 912 g/mol. The Kier molecular flexibility index (Phi) is 9.68. The highest BCUT2D eigenvalue weighted by Gasteiger charge is 2.81. The first-order chi connectivity index (χ1) is 33.1. The number of rotatable bonds is 7. The molecule has 0 amide bonds. The lowest BCUT2D eigenvalue weighted by atomic mass is 9.28. The van der Waals surface area contributed by atoms with Crippen LogP contribution in [0.5, 0.6) is 28.7 Å². The van der Waals surface area contributed by atoms with Crippen molar-refractivity contribution >= 4 is 22.9 Å². The van der Waals surface area contributed by atoms with Crippen molar-refractivity contribution in [3.8, 4) is 28.7 Å². The number of aromatic hydroxyl groups is 5. The zero-order valence-corrected chi connectivity index (χ0v) is 38.6. The lowest BCUT2D eigenvalue weighted by Gasteiger charge is -2.77. The van der Waals surface area contributed by atoms with Crippen LogP contribution in [-0.4, -0.2) is 65.8 Å². The smallest absolute Gasteiger partial charge is 0.169 e. The highest BCUT2D eigenvalue weighted by atomic mass is 16.3. The maximum atomic E-state index is 12.9. The van der Waals surface area contributed by atoms with E-state index in [1.807, 2.05) is 18.5 Å². The Bertz CT molecular complexity index is 2890. The van der Waals surface area contributed by atoms with Crippen molar-refractivity contribution < 1.29 is 30.6 Å². The quantitative estimate of drug-likeness (QED) is 0.0438. The number of aliphatic hydroxyl groups excluding tert-OH is 1. The number of H-pyrrole nitrogens is 1. The fraction of sp³-hybridized carbons (Fsp3) is 0.466. The number of imidazole rings is 1. The normalized spacial score (nSPS) is 36.2. The number of aromatic amines is 1. The number of aliphatic hydroxyl groups is 1. The number of allylic oxidation sites excluding steroid dienone is 3. The number of nitrogens with zero attached hydrogens (tertiary/aromatic N) is 1. The maximum absolute atomic E-state index is 12.9. The molecule has 6 aliphatic carbocycles. The number of aromatic nitrogens is 2. The Labute approximate surface area is 398 Å². The molecule has 352 valence electrons. The highest BCUT2D eigenvalue weighted by molar-refractivity contribution is 6.03. The molecule has 9 N–H and O–H groups in total. The molecule has 4 saturated carbocycles. The second-order valence-corrected chi connectivity index (χ2v) is 22.4. The van der Waals surface area contributed by atoms with Gasteiger partial charge in [0.15, 0.2) is 23.0 Å². The first-order valence-corrected chi connectivity index (χ1v) is 25.6. The largest absolute Gasteiger partial charge is 0.507 e. The van der Waals surface area contributed by atoms with Crippen molar-refractivity contribution in [3.63, 3.8) is 0 Å². The number of piperidine rings is 2. The van der Waals surface area contributed by atoms with E-state index in [1.54, 1.807) is 18.2 Å². The van der Waals surface area contributed by atoms with Crippen LogP contribution >= 0.6 is 0 Å². The third kappa shape index (κ3) is 5.71. The fourth-order valence-electron chi connectivity index (χ4n) is 17.8. The molecule has 0 unspecified atom stereocenters. The Morgan fingerprint density at radius 2 is 1.54 bits per heavy atom. The van der Waals surface area contributed by atoms with E-state index in [9.17, 15) is 30.6 Å². The number of benzene rings is 4. The van der Waals surface area contributed by atoms with Crippen molar-refractivity contribution in [1.29, 1.82) is 0 Å². The lowest BCUT2D eigenvalue weighted by molar-refractivity contribution is -0.241. The van der Waals surface area contributed by atoms with Crippen molar-refractivity contribution in [2.75, 3.05) is 13.1 Å². The Morgan fingerprint density at radius 1 is 0.750 bits per heavy atom. The van der Waals surface area contributed by atoms with Crippen molar-refractivity contribution in [1.82, 2.24) is 20.6 Å². The van der Waals surface area contributed by atoms with Crippen LogP contribution in [0, 0.1) is 51.8 Å². The van der Waals surface area contributed by atoms with Gasteiger partial charge in [-0.05, 0) is 175 Å². The summed E-state index contributed by atoms with van der Waals surface area (Å²) in [5.41, 5.74) is 5.30. The summed E-state index contributed by atoms with van der Waals surface area (Å²) in [6.45, 7) is 2.06. The second kappa shape index (κ2) is 15.5. The molecule has 4 aromatic carbocycles. The Balaban J connectivity index is 0.883. The SMILES string of the molecule is Oc1ccc(/C=C/c2c(CCc3ccc([C@@H]4CC5(CCNCC5)[C@H]5C[C@@H]6CCC[C@]67[C@@H]6C=C[C@H]8CC[C@H]9C=C[C@H](O)[C@H]([C@@]98C6)[C@]7(c6cnc[nH]6)[C@@H]5N4)cc3)c(O)c(O)c3c(O)cccc23)cc1O. The number of nitrogens with one attached hydrogen (secondary N) is 3. The third-order valence-corrected chi connectivity index (χ3v) is 20.2. The van der Waals surface area contributed by atoms with Gasteiger partial charge in [-0.2, -0.15) is 0 Å². The predicted molar refractivity (Wildman–Crippen MR) is 263 cm³/mol. The number of hydrogen-bond donors (Lipinski definition) is 9. The predicted octanol–water partition coefficient (Wildman–Crippen LogP) is 9.71. The van der Waals surface area contributed by atoms with Crippen molar-refractivity contribution in [2.45, 2.75) is 101 Å². The van der Waals surface area contributed by atoms with Crippen LogP contribution in [0.1, 0.15) is 104 Å². The highest BCUT2D eigenvalue weighted by Crippen LogP contribution is 2.82. The molecule has 10 heteroatoms. The topological polar surface area (TPSA) is 174 Å². The molecule has 68 heavy (non-hydrogen) atoms. The van der Waals surface area contributed by atoms with Crippen molar-refractivity contribution in [3.05, 3.63) is 131 Å². The van der Waals surface area contributed by atoms with Gasteiger partial charge in [0.1, 0.15) is 5.75 Å². The number of aryl methyl sites for hydroxylation is 1. The summed E-state index contributed by atoms with van der Waals surface area (Å²) in [4.78, 5) is 8.72. The second-order valence-electron chi connectivity index (χ2n) is 22.4. The first-order valence-electron chi connectivity index (χ1n) is 25.6. The molecule has 3 spiro atoms. The van der Waals surface area contributed by atoms with Crippen LogP contribution < -0.4 is 10.6 Å². The van der Waals surface area contributed by atoms with E-state index < -0.39 is 6.10 Å². The lowest BCUT2D eigenvalue weighted by Crippen LogP contribution is -2.80. The minimum absolute atomic E-state index is 0.00557. The summed E-state index contributed by atoms with van der Waals surface area (Å²) in [5, 5.41) is 75.8. The van der Waals surface area contributed by atoms with E-state index in [0.717, 1.165) is 37.9 Å². The van der Waals surface area contributed by atoms with Crippen LogP contribution in [0.2, 0.25) is 0 Å². The van der Waals surface area contributed by atoms with Gasteiger partial charge in [-0.25, -0.2) is 4.98 Å². The van der Waals surface area contributed by atoms with Crippen LogP contribution in [-0.2, 0) is 18.3 Å². The molecule has 13 rings (SSSR count). The van der Waals surface area contributed by atoms with E-state index in [4.69, 9.17) is 4.98 Å². The number of fused-ring (bicyclic) bond motifs is 6. The minimum Gasteiger partial charge on any atom is -0.507 e. The van der Waals surface area contributed by atoms with Gasteiger partial charge in [0.05, 0.1) is 17.8 Å². The van der Waals surface area contributed by atoms with Crippen LogP contribution in [0.15, 0.2) is 97.5 Å². The molecule has 2 bridgehead atoms. The summed E-state index contributed by atoms with van der Waals surface area (Å²) in [5.74, 6) is 1.32. The molecule has 5 aromatic rings. The van der Waals surface area contributed by atoms with Gasteiger partial charge < -0.3 is 46.3 Å². The number of phenolic OH excluding ortho intramolecular Hbond substituents is 5. The van der Waals surface area contributed by atoms with E-state index >= 15 is 0 Å². The van der Waals surface area contributed by atoms with Crippen LogP contribution in [0.3, 0.4) is 0 Å². The molecule has 12 atom stereocenters. The fourth-order valence-corrected chi connectivity index (χ4v) is 17.8. The molecule has 10 nitrogen and oxygen atoms in total. The molecule has 3 heterocycles. The van der Waals surface area contributed by atoms with Gasteiger partial charge in [-0.15, -0.1) is 0 Å². The molecule has 0 radical (unpaired) electrons. The maximum Gasteiger partial charge on any atom is 0.169 e. The Morgan fingerprint density at radius 3 is 2.32 bits per heavy atom. The summed E-state index contributed by atoms with van der Waals surface area (Å²) < 4.78 is 0. The van der Waals surface area contributed by atoms with Gasteiger partial charge in [-0.3, -0.25) is 0 Å². The first kappa shape index (κ1) is 42.5. The molecule has 6 fully saturated rings. The van der Waals surface area contributed by atoms with E-state index in [2.05, 4.69) is 70.4 Å². The molecular weight excluding hydrogens is 849 g/mol. The molecule has 1 aromatic heterocycles. The zero-order valence-electron chi connectivity index (χ0n) is 38.6. The summed E-state index contributed by atoms with van der Waals surface area (Å²) in [7, 11) is 0. The van der Waals surface area contributed by atoms with Gasteiger partial charge in [0.25, 0.3) is 0 Å². The molecule has 8 aliphatic rings. The van der Waals surface area contributed by atoms with Crippen LogP contribution in [0.25, 0.3) is 22.9 Å². The number of phenols is 5. The summed E-state index contributed by atoms with van der Waals surface area (Å²) in [6.07, 6.45) is 30.0. The molecular formula is C58H64N4O6. The summed E-state index contributed by atoms with van der Waals surface area (Å²) >= 11 is 0. The Hall–Kier alpha value is -5.55. The molecule has 2 saturated heterocycles. The van der Waals surface area contributed by atoms with E-state index in [0.29, 0.717) is 64.5 Å². The van der Waals surface area contributed by atoms with Gasteiger partial charge in [0.2, 0.25) is 0 Å². The summed E-state index contributed by atoms with van der Waals surface area (Å²) in [6, 6.07) is 19.0. The van der Waals surface area contributed by atoms with Crippen molar-refractivity contribution in [2.24, 2.45) is 51.8 Å². The molecule has 2 aliphatic heterocycles. The van der Waals surface area contributed by atoms with E-state index in [-0.39, 0.29) is 73.8 Å². The van der Waals surface area contributed by atoms with E-state index in [1.165, 1.54) is 74.4 Å². The van der Waals surface area contributed by atoms with Gasteiger partial charge in [-0.1, -0.05) is 85.3 Å². The van der Waals surface area contributed by atoms with Gasteiger partial charge >= 0.3 is 0 Å². The van der Waals surface area contributed by atoms with Gasteiger partial charge in [0, 0.05) is 40.9 Å². The third-order valence-electron chi connectivity index (χ3n) is 20.2. The standard InChI is InChI=1S/C58H64N4O6/c63-45-20-10-34(27-48(45)66)9-18-40-41-4-1-5-46(64)50(41)52(68)51(67)42(40)19-8-33-6-11-35(12-7-33)44-30-55(23-25-59-26-24-55)43-28-38-3-2-22-57(38)39-16-15-36-13-14-37-17-21-47(65)53(56(36,37)29-39)58(57,54(43)62-44)49-31-60-32-61-49/h1,4-7,9-12,15-18,20-21,27,31-32,36-39,43-44,47,53-54,59,62-68H,2-3,8,13-14,19,22-26,28-30H2,(H,60,61)/b18-9+/t36-,37+,38+,39-,43+,44+,47+,53-,54-,56-,57-,58-/m1/s1. The van der Waals surface area contributed by atoms with Crippen LogP contribution in [0.4, 0.5) is 0 Å².